The molecule has 0 unspecified atom stereocenters. The van der Waals surface area contributed by atoms with E-state index in [4.69, 9.17) is 9.47 Å². The van der Waals surface area contributed by atoms with Crippen molar-refractivity contribution < 1.29 is 33.4 Å². The van der Waals surface area contributed by atoms with Gasteiger partial charge >= 0.3 is 18.0 Å². The molecule has 0 saturated carbocycles. The average Bonchev–Trinajstić information content (AvgIpc) is 3.05. The van der Waals surface area contributed by atoms with Gasteiger partial charge in [-0.25, -0.2) is 14.0 Å². The Morgan fingerprint density at radius 2 is 1.90 bits per heavy atom. The fourth-order valence-corrected chi connectivity index (χ4v) is 3.22. The number of carboxylic acids is 1. The van der Waals surface area contributed by atoms with E-state index in [0.29, 0.717) is 6.42 Å². The van der Waals surface area contributed by atoms with Gasteiger partial charge in [-0.1, -0.05) is 39.8 Å². The van der Waals surface area contributed by atoms with Gasteiger partial charge in [-0.2, -0.15) is 0 Å². The number of carboxylic acid groups (broad SMARTS) is 1. The number of nitrogens with zero attached hydrogens (tertiary/aromatic N) is 1. The van der Waals surface area contributed by atoms with Crippen LogP contribution in [0.4, 0.5) is 9.18 Å². The molecule has 3 atom stereocenters. The zero-order valence-corrected chi connectivity index (χ0v) is 17.1. The topological polar surface area (TPSA) is 93.1 Å². The van der Waals surface area contributed by atoms with E-state index in [1.54, 1.807) is 39.8 Å². The third-order valence-corrected chi connectivity index (χ3v) is 4.79. The number of amides is 1. The van der Waals surface area contributed by atoms with Crippen LogP contribution in [0.15, 0.2) is 24.3 Å². The van der Waals surface area contributed by atoms with E-state index in [1.807, 2.05) is 0 Å². The Balaban J connectivity index is 2.08. The van der Waals surface area contributed by atoms with Crippen LogP contribution in [-0.2, 0) is 25.5 Å². The van der Waals surface area contributed by atoms with Gasteiger partial charge in [-0.3, -0.25) is 9.69 Å². The summed E-state index contributed by atoms with van der Waals surface area (Å²) in [5.41, 5.74) is 0.736. The molecule has 0 spiro atoms. The summed E-state index contributed by atoms with van der Waals surface area (Å²) in [5, 5.41) is 9.53. The second kappa shape index (κ2) is 9.71. The largest absolute Gasteiger partial charge is 0.480 e. The van der Waals surface area contributed by atoms with Gasteiger partial charge in [0.05, 0.1) is 5.92 Å². The molecule has 1 aromatic carbocycles. The zero-order valence-electron chi connectivity index (χ0n) is 17.1. The van der Waals surface area contributed by atoms with E-state index < -0.39 is 30.4 Å². The number of benzene rings is 1. The predicted molar refractivity (Wildman–Crippen MR) is 102 cm³/mol. The molecule has 1 heterocycles. The molecule has 1 aliphatic heterocycles. The lowest BCUT2D eigenvalue weighted by atomic mass is 9.97. The monoisotopic (exact) mass is 409 g/mol. The standard InChI is InChI=1S/C21H28FNO6/c1-12(2)19(26)28-20(13(3)4)29-21(27)23-11-15(10-17(23)18(24)25)8-14-6-5-7-16(22)9-14/h5-7,9,12-13,15,17,20H,8,10-11H2,1-4H3,(H,24,25)/t15-,17-,20-/m0/s1. The van der Waals surface area contributed by atoms with Crippen molar-refractivity contribution in [1.29, 1.82) is 0 Å². The van der Waals surface area contributed by atoms with Gasteiger partial charge in [0.2, 0.25) is 0 Å². The van der Waals surface area contributed by atoms with Crippen molar-refractivity contribution >= 4 is 18.0 Å². The van der Waals surface area contributed by atoms with E-state index >= 15 is 0 Å². The average molecular weight is 409 g/mol. The molecule has 1 aromatic rings. The highest BCUT2D eigenvalue weighted by Gasteiger charge is 2.41. The third kappa shape index (κ3) is 6.17. The van der Waals surface area contributed by atoms with Gasteiger partial charge in [-0.05, 0) is 36.5 Å². The van der Waals surface area contributed by atoms with Crippen LogP contribution in [0.2, 0.25) is 0 Å². The molecule has 0 aromatic heterocycles. The minimum Gasteiger partial charge on any atom is -0.480 e. The van der Waals surface area contributed by atoms with Gasteiger partial charge in [-0.15, -0.1) is 0 Å². The highest BCUT2D eigenvalue weighted by atomic mass is 19.1. The van der Waals surface area contributed by atoms with Gasteiger partial charge < -0.3 is 14.6 Å². The number of aliphatic carboxylic acids is 1. The highest BCUT2D eigenvalue weighted by Crippen LogP contribution is 2.28. The van der Waals surface area contributed by atoms with Crippen LogP contribution >= 0.6 is 0 Å². The van der Waals surface area contributed by atoms with Crippen molar-refractivity contribution in [2.45, 2.75) is 52.9 Å². The molecule has 1 N–H and O–H groups in total. The predicted octanol–water partition coefficient (Wildman–Crippen LogP) is 3.46. The summed E-state index contributed by atoms with van der Waals surface area (Å²) in [7, 11) is 0. The Bertz CT molecular complexity index is 750. The molecule has 1 saturated heterocycles. The molecule has 0 radical (unpaired) electrons. The lowest BCUT2D eigenvalue weighted by Crippen LogP contribution is -2.43. The Morgan fingerprint density at radius 1 is 1.21 bits per heavy atom. The number of carbonyl (C=O) groups is 3. The van der Waals surface area contributed by atoms with E-state index in [1.165, 1.54) is 12.1 Å². The first-order valence-corrected chi connectivity index (χ1v) is 9.73. The molecule has 7 nitrogen and oxygen atoms in total. The van der Waals surface area contributed by atoms with E-state index in [2.05, 4.69) is 0 Å². The number of hydrogen-bond acceptors (Lipinski definition) is 5. The molecule has 8 heteroatoms. The van der Waals surface area contributed by atoms with Crippen LogP contribution < -0.4 is 0 Å². The zero-order chi connectivity index (χ0) is 21.7. The number of likely N-dealkylation sites (tertiary alicyclic amines) is 1. The summed E-state index contributed by atoms with van der Waals surface area (Å²) in [5.74, 6) is -2.83. The Hall–Kier alpha value is -2.64. The molecule has 0 aliphatic carbocycles. The van der Waals surface area contributed by atoms with Gasteiger partial charge in [0.15, 0.2) is 0 Å². The summed E-state index contributed by atoms with van der Waals surface area (Å²) < 4.78 is 24.0. The minimum atomic E-state index is -1.14. The number of esters is 1. The summed E-state index contributed by atoms with van der Waals surface area (Å²) >= 11 is 0. The summed E-state index contributed by atoms with van der Waals surface area (Å²) in [6.07, 6.45) is -1.26. The molecule has 0 bridgehead atoms. The minimum absolute atomic E-state index is 0.152. The summed E-state index contributed by atoms with van der Waals surface area (Å²) in [4.78, 5) is 37.3. The second-order valence-corrected chi connectivity index (χ2v) is 8.03. The van der Waals surface area contributed by atoms with Crippen molar-refractivity contribution in [2.24, 2.45) is 17.8 Å². The van der Waals surface area contributed by atoms with E-state index in [0.717, 1.165) is 10.5 Å². The maximum absolute atomic E-state index is 13.4. The third-order valence-electron chi connectivity index (χ3n) is 4.79. The van der Waals surface area contributed by atoms with Gasteiger partial charge in [0.1, 0.15) is 11.9 Å². The molecule has 29 heavy (non-hydrogen) atoms. The number of rotatable bonds is 7. The molecule has 2 rings (SSSR count). The Labute approximate surface area is 169 Å². The Morgan fingerprint density at radius 3 is 2.45 bits per heavy atom. The first-order chi connectivity index (χ1) is 13.6. The lowest BCUT2D eigenvalue weighted by Gasteiger charge is -2.27. The van der Waals surface area contributed by atoms with Crippen molar-refractivity contribution in [3.8, 4) is 0 Å². The summed E-state index contributed by atoms with van der Waals surface area (Å²) in [6.45, 7) is 6.96. The van der Waals surface area contributed by atoms with Gasteiger partial charge in [0.25, 0.3) is 6.29 Å². The number of ether oxygens (including phenoxy) is 2. The number of hydrogen-bond donors (Lipinski definition) is 1. The Kier molecular flexibility index (Phi) is 7.59. The highest BCUT2D eigenvalue weighted by molar-refractivity contribution is 5.81. The van der Waals surface area contributed by atoms with Gasteiger partial charge in [0, 0.05) is 12.5 Å². The fraction of sp³-hybridized carbons (Fsp3) is 0.571. The molecular formula is C21H28FNO6. The molecule has 1 aliphatic rings. The maximum Gasteiger partial charge on any atom is 0.413 e. The van der Waals surface area contributed by atoms with Crippen LogP contribution in [0.5, 0.6) is 0 Å². The van der Waals surface area contributed by atoms with E-state index in [-0.39, 0.29) is 36.5 Å². The number of carbonyl (C=O) groups excluding carboxylic acids is 2. The van der Waals surface area contributed by atoms with Crippen molar-refractivity contribution in [3.05, 3.63) is 35.6 Å². The number of halogens is 1. The smallest absolute Gasteiger partial charge is 0.413 e. The van der Waals surface area contributed by atoms with Crippen LogP contribution in [0.25, 0.3) is 0 Å². The molecular weight excluding hydrogens is 381 g/mol. The van der Waals surface area contributed by atoms with Crippen molar-refractivity contribution in [1.82, 2.24) is 4.90 Å². The maximum atomic E-state index is 13.4. The molecule has 1 amide bonds. The quantitative estimate of drug-likeness (QED) is 0.548. The van der Waals surface area contributed by atoms with Crippen molar-refractivity contribution in [2.75, 3.05) is 6.54 Å². The van der Waals surface area contributed by atoms with Crippen molar-refractivity contribution in [3.63, 3.8) is 0 Å². The lowest BCUT2D eigenvalue weighted by molar-refractivity contribution is -0.181. The normalized spacial score (nSPS) is 20.0. The van der Waals surface area contributed by atoms with E-state index in [9.17, 15) is 23.9 Å². The first-order valence-electron chi connectivity index (χ1n) is 9.73. The summed E-state index contributed by atoms with van der Waals surface area (Å²) in [6, 6.07) is 5.05. The fourth-order valence-electron chi connectivity index (χ4n) is 3.22. The SMILES string of the molecule is CC(C)C(=O)O[C@@H](OC(=O)N1C[C@@H](Cc2cccc(F)c2)C[C@H]1C(=O)O)C(C)C. The van der Waals surface area contributed by atoms with Crippen LogP contribution in [-0.4, -0.2) is 46.9 Å². The first kappa shape index (κ1) is 22.6. The molecule has 160 valence electrons. The van der Waals surface area contributed by atoms with Crippen LogP contribution in [0.1, 0.15) is 39.7 Å². The molecule has 1 fully saturated rings. The van der Waals surface area contributed by atoms with Crippen LogP contribution in [0.3, 0.4) is 0 Å². The second-order valence-electron chi connectivity index (χ2n) is 8.03. The van der Waals surface area contributed by atoms with Crippen LogP contribution in [0, 0.1) is 23.6 Å².